The molecule has 1 unspecified atom stereocenters. The maximum absolute atomic E-state index is 13.9. The van der Waals surface area contributed by atoms with Crippen molar-refractivity contribution in [3.05, 3.63) is 46.4 Å². The monoisotopic (exact) mass is 400 g/mol. The molecule has 1 fully saturated rings. The number of benzene rings is 2. The summed E-state index contributed by atoms with van der Waals surface area (Å²) in [7, 11) is 0. The number of fused-ring (bicyclic) bond motifs is 1. The Labute approximate surface area is 145 Å². The predicted molar refractivity (Wildman–Crippen MR) is 89.1 cm³/mol. The smallest absolute Gasteiger partial charge is 0.287 e. The molecule has 1 aliphatic rings. The van der Waals surface area contributed by atoms with Crippen molar-refractivity contribution in [2.75, 3.05) is 6.54 Å². The van der Waals surface area contributed by atoms with Gasteiger partial charge in [0.05, 0.1) is 5.41 Å². The second kappa shape index (κ2) is 5.74. The Balaban J connectivity index is 2.15. The predicted octanol–water partition coefficient (Wildman–Crippen LogP) is 4.58. The van der Waals surface area contributed by atoms with Gasteiger partial charge in [0.25, 0.3) is 0 Å². The fraction of sp³-hybridized carbons (Fsp3) is 0.353. The number of hydrazine groups is 1. The van der Waals surface area contributed by atoms with E-state index in [4.69, 9.17) is 0 Å². The van der Waals surface area contributed by atoms with E-state index in [-0.39, 0.29) is 12.1 Å². The summed E-state index contributed by atoms with van der Waals surface area (Å²) in [6.07, 6.45) is -4.52. The third kappa shape index (κ3) is 3.02. The number of amides is 1. The third-order valence-corrected chi connectivity index (χ3v) is 4.71. The largest absolute Gasteiger partial charge is 0.409 e. The number of nitrogens with one attached hydrogen (secondary N) is 1. The molecule has 1 saturated heterocycles. The summed E-state index contributed by atoms with van der Waals surface area (Å²) < 4.78 is 42.3. The van der Waals surface area contributed by atoms with Crippen molar-refractivity contribution in [1.82, 2.24) is 10.4 Å². The van der Waals surface area contributed by atoms with E-state index in [0.29, 0.717) is 9.86 Å². The van der Waals surface area contributed by atoms with Crippen molar-refractivity contribution in [3.8, 4) is 0 Å². The molecule has 2 aromatic carbocycles. The third-order valence-electron chi connectivity index (χ3n) is 4.22. The number of nitrogens with zero attached hydrogens (tertiary/aromatic N) is 1. The van der Waals surface area contributed by atoms with Crippen molar-refractivity contribution in [3.63, 3.8) is 0 Å². The molecular weight excluding hydrogens is 385 g/mol. The van der Waals surface area contributed by atoms with Gasteiger partial charge < -0.3 is 0 Å². The molecule has 7 heteroatoms. The van der Waals surface area contributed by atoms with E-state index < -0.39 is 23.5 Å². The molecule has 0 bridgehead atoms. The molecule has 128 valence electrons. The summed E-state index contributed by atoms with van der Waals surface area (Å²) in [5.74, 6) is -0.404. The Morgan fingerprint density at radius 2 is 1.96 bits per heavy atom. The molecule has 2 aromatic rings. The molecule has 0 radical (unpaired) electrons. The van der Waals surface area contributed by atoms with Crippen LogP contribution in [0.25, 0.3) is 10.8 Å². The maximum Gasteiger partial charge on any atom is 0.409 e. The van der Waals surface area contributed by atoms with E-state index in [9.17, 15) is 18.0 Å². The van der Waals surface area contributed by atoms with Gasteiger partial charge in [-0.2, -0.15) is 13.2 Å². The first-order valence-corrected chi connectivity index (χ1v) is 8.21. The lowest BCUT2D eigenvalue weighted by Gasteiger charge is -2.30. The highest BCUT2D eigenvalue weighted by atomic mass is 79.9. The van der Waals surface area contributed by atoms with Crippen molar-refractivity contribution in [1.29, 1.82) is 0 Å². The topological polar surface area (TPSA) is 32.3 Å². The lowest BCUT2D eigenvalue weighted by Crippen LogP contribution is -2.43. The van der Waals surface area contributed by atoms with Gasteiger partial charge >= 0.3 is 6.18 Å². The minimum Gasteiger partial charge on any atom is -0.287 e. The molecule has 0 spiro atoms. The quantitative estimate of drug-likeness (QED) is 0.799. The SMILES string of the molecule is CC1(C)CN(C(c2cccc3ccc(Br)cc23)C(F)(F)F)NC1=O. The number of halogens is 4. The second-order valence-corrected chi connectivity index (χ2v) is 7.53. The maximum atomic E-state index is 13.9. The zero-order chi connectivity index (χ0) is 17.7. The molecule has 1 N–H and O–H groups in total. The van der Waals surface area contributed by atoms with Crippen LogP contribution < -0.4 is 5.43 Å². The number of carbonyl (C=O) groups excluding carboxylic acids is 1. The molecule has 1 aliphatic heterocycles. The standard InChI is InChI=1S/C17H16BrF3N2O/c1-16(2)9-23(22-15(16)24)14(17(19,20)21)12-5-3-4-10-6-7-11(18)8-13(10)12/h3-8,14H,9H2,1-2H3,(H,22,24). The van der Waals surface area contributed by atoms with E-state index >= 15 is 0 Å². The zero-order valence-electron chi connectivity index (χ0n) is 13.1. The normalized spacial score (nSPS) is 19.5. The van der Waals surface area contributed by atoms with Crippen molar-refractivity contribution < 1.29 is 18.0 Å². The number of carbonyl (C=O) groups is 1. The van der Waals surface area contributed by atoms with Crippen LogP contribution in [0.3, 0.4) is 0 Å². The Morgan fingerprint density at radius 3 is 2.54 bits per heavy atom. The van der Waals surface area contributed by atoms with Gasteiger partial charge in [-0.25, -0.2) is 5.01 Å². The molecule has 1 amide bonds. The summed E-state index contributed by atoms with van der Waals surface area (Å²) in [6.45, 7) is 3.26. The van der Waals surface area contributed by atoms with Gasteiger partial charge in [-0.15, -0.1) is 0 Å². The molecular formula is C17H16BrF3N2O. The molecule has 1 heterocycles. The first-order chi connectivity index (χ1) is 11.1. The van der Waals surface area contributed by atoms with E-state index in [0.717, 1.165) is 10.4 Å². The van der Waals surface area contributed by atoms with E-state index in [1.807, 2.05) is 0 Å². The lowest BCUT2D eigenvalue weighted by atomic mass is 9.93. The second-order valence-electron chi connectivity index (χ2n) is 6.61. The van der Waals surface area contributed by atoms with Crippen LogP contribution in [-0.2, 0) is 4.79 Å². The number of hydrogen-bond donors (Lipinski definition) is 1. The van der Waals surface area contributed by atoms with Gasteiger partial charge in [0.2, 0.25) is 5.91 Å². The van der Waals surface area contributed by atoms with Crippen molar-refractivity contribution >= 4 is 32.6 Å². The molecule has 24 heavy (non-hydrogen) atoms. The lowest BCUT2D eigenvalue weighted by molar-refractivity contribution is -0.191. The summed E-state index contributed by atoms with van der Waals surface area (Å²) in [4.78, 5) is 12.0. The number of alkyl halides is 3. The average Bonchev–Trinajstić information content (AvgIpc) is 2.71. The van der Waals surface area contributed by atoms with Crippen LogP contribution in [0.2, 0.25) is 0 Å². The number of hydrogen-bond acceptors (Lipinski definition) is 2. The fourth-order valence-corrected chi connectivity index (χ4v) is 3.36. The highest BCUT2D eigenvalue weighted by Gasteiger charge is 2.51. The average molecular weight is 401 g/mol. The van der Waals surface area contributed by atoms with Crippen molar-refractivity contribution in [2.45, 2.75) is 26.1 Å². The minimum atomic E-state index is -4.52. The molecule has 3 rings (SSSR count). The summed E-state index contributed by atoms with van der Waals surface area (Å²) in [5.41, 5.74) is 1.65. The van der Waals surface area contributed by atoms with E-state index in [2.05, 4.69) is 21.4 Å². The van der Waals surface area contributed by atoms with Crippen LogP contribution >= 0.6 is 15.9 Å². The van der Waals surface area contributed by atoms with Crippen LogP contribution in [0, 0.1) is 5.41 Å². The van der Waals surface area contributed by atoms with Gasteiger partial charge in [-0.05, 0) is 42.3 Å². The van der Waals surface area contributed by atoms with Gasteiger partial charge in [0.1, 0.15) is 0 Å². The van der Waals surface area contributed by atoms with Crippen LogP contribution in [0.5, 0.6) is 0 Å². The first kappa shape index (κ1) is 17.2. The Morgan fingerprint density at radius 1 is 1.25 bits per heavy atom. The zero-order valence-corrected chi connectivity index (χ0v) is 14.7. The summed E-state index contributed by atoms with van der Waals surface area (Å²) in [5, 5.41) is 2.22. The summed E-state index contributed by atoms with van der Waals surface area (Å²) >= 11 is 3.31. The first-order valence-electron chi connectivity index (χ1n) is 7.42. The van der Waals surface area contributed by atoms with E-state index in [1.54, 1.807) is 44.2 Å². The van der Waals surface area contributed by atoms with Crippen LogP contribution in [0.4, 0.5) is 13.2 Å². The van der Waals surface area contributed by atoms with Gasteiger partial charge in [0, 0.05) is 11.0 Å². The van der Waals surface area contributed by atoms with Crippen molar-refractivity contribution in [2.24, 2.45) is 5.41 Å². The van der Waals surface area contributed by atoms with Crippen LogP contribution in [0.15, 0.2) is 40.9 Å². The highest BCUT2D eigenvalue weighted by molar-refractivity contribution is 9.10. The van der Waals surface area contributed by atoms with Gasteiger partial charge in [0.15, 0.2) is 6.04 Å². The Bertz CT molecular complexity index is 804. The van der Waals surface area contributed by atoms with Crippen LogP contribution in [0.1, 0.15) is 25.5 Å². The molecule has 0 aromatic heterocycles. The van der Waals surface area contributed by atoms with Crippen LogP contribution in [-0.4, -0.2) is 23.6 Å². The summed E-state index contributed by atoms with van der Waals surface area (Å²) in [6, 6.07) is 8.16. The Kier molecular flexibility index (Phi) is 4.12. The molecule has 0 saturated carbocycles. The highest BCUT2D eigenvalue weighted by Crippen LogP contribution is 2.43. The Hall–Kier alpha value is -1.60. The van der Waals surface area contributed by atoms with Gasteiger partial charge in [-0.3, -0.25) is 10.2 Å². The minimum absolute atomic E-state index is 0.0135. The molecule has 1 atom stereocenters. The van der Waals surface area contributed by atoms with E-state index in [1.165, 1.54) is 6.07 Å². The molecule has 0 aliphatic carbocycles. The fourth-order valence-electron chi connectivity index (χ4n) is 3.00. The number of rotatable bonds is 2. The molecule has 3 nitrogen and oxygen atoms in total. The van der Waals surface area contributed by atoms with Gasteiger partial charge in [-0.1, -0.05) is 40.2 Å².